The summed E-state index contributed by atoms with van der Waals surface area (Å²) in [5.41, 5.74) is 4.24. The molecule has 2 amide bonds. The Hall–Kier alpha value is -4.11. The molecule has 0 unspecified atom stereocenters. The summed E-state index contributed by atoms with van der Waals surface area (Å²) < 4.78 is 25.8. The van der Waals surface area contributed by atoms with E-state index in [4.69, 9.17) is 0 Å². The van der Waals surface area contributed by atoms with Gasteiger partial charge in [-0.1, -0.05) is 54.6 Å². The minimum absolute atomic E-state index is 0.235. The number of carbonyl (C=O) groups is 2. The highest BCUT2D eigenvalue weighted by molar-refractivity contribution is 7.92. The summed E-state index contributed by atoms with van der Waals surface area (Å²) in [6.07, 6.45) is 1.05. The van der Waals surface area contributed by atoms with Gasteiger partial charge in [-0.3, -0.25) is 13.9 Å². The second kappa shape index (κ2) is 9.40. The Bertz CT molecular complexity index is 1380. The minimum atomic E-state index is -3.72. The largest absolute Gasteiger partial charge is 0.358 e. The van der Waals surface area contributed by atoms with Gasteiger partial charge in [-0.25, -0.2) is 8.42 Å². The third-order valence-corrected chi connectivity index (χ3v) is 6.49. The molecule has 0 fully saturated rings. The van der Waals surface area contributed by atoms with Crippen LogP contribution < -0.4 is 20.3 Å². The van der Waals surface area contributed by atoms with Crippen molar-refractivity contribution >= 4 is 50.2 Å². The Morgan fingerprint density at radius 1 is 0.971 bits per heavy atom. The third-order valence-electron chi connectivity index (χ3n) is 5.35. The molecule has 3 aromatic carbocycles. The Morgan fingerprint density at radius 2 is 1.68 bits per heavy atom. The molecule has 1 aliphatic rings. The van der Waals surface area contributed by atoms with Crippen molar-refractivity contribution in [3.05, 3.63) is 90.0 Å². The molecule has 0 radical (unpaired) electrons. The number of hydrogen-bond acceptors (Lipinski definition) is 5. The van der Waals surface area contributed by atoms with Crippen molar-refractivity contribution < 1.29 is 18.0 Å². The van der Waals surface area contributed by atoms with Gasteiger partial charge >= 0.3 is 0 Å². The fourth-order valence-corrected chi connectivity index (χ4v) is 4.59. The molecular formula is C25H24N4O4S. The van der Waals surface area contributed by atoms with E-state index in [-0.39, 0.29) is 12.5 Å². The van der Waals surface area contributed by atoms with Gasteiger partial charge in [0.15, 0.2) is 0 Å². The van der Waals surface area contributed by atoms with Crippen LogP contribution in [0.5, 0.6) is 0 Å². The zero-order chi connectivity index (χ0) is 24.3. The quantitative estimate of drug-likeness (QED) is 0.454. The monoisotopic (exact) mass is 476 g/mol. The van der Waals surface area contributed by atoms with Crippen molar-refractivity contribution in [2.75, 3.05) is 34.8 Å². The summed E-state index contributed by atoms with van der Waals surface area (Å²) in [4.78, 5) is 24.9. The van der Waals surface area contributed by atoms with Gasteiger partial charge in [-0.05, 0) is 29.8 Å². The molecule has 9 heteroatoms. The molecule has 34 heavy (non-hydrogen) atoms. The van der Waals surface area contributed by atoms with Crippen LogP contribution in [0.25, 0.3) is 11.3 Å². The van der Waals surface area contributed by atoms with Crippen molar-refractivity contribution in [3.63, 3.8) is 0 Å². The van der Waals surface area contributed by atoms with Crippen molar-refractivity contribution in [1.82, 2.24) is 5.32 Å². The Balaban J connectivity index is 1.81. The van der Waals surface area contributed by atoms with Gasteiger partial charge in [0.05, 0.1) is 23.2 Å². The number of rotatable bonds is 7. The highest BCUT2D eigenvalue weighted by Crippen LogP contribution is 2.37. The van der Waals surface area contributed by atoms with Crippen LogP contribution in [-0.4, -0.2) is 40.1 Å². The number of anilines is 3. The van der Waals surface area contributed by atoms with Gasteiger partial charge in [0, 0.05) is 24.0 Å². The molecule has 0 saturated heterocycles. The van der Waals surface area contributed by atoms with Crippen LogP contribution in [0.4, 0.5) is 17.1 Å². The molecule has 0 spiro atoms. The van der Waals surface area contributed by atoms with E-state index >= 15 is 0 Å². The number of carbonyl (C=O) groups excluding carboxylic acids is 2. The number of nitrogens with zero attached hydrogens (tertiary/aromatic N) is 1. The maximum atomic E-state index is 13.0. The number of likely N-dealkylation sites (N-methyl/N-ethyl adjacent to an activating group) is 1. The van der Waals surface area contributed by atoms with E-state index in [2.05, 4.69) is 16.0 Å². The maximum Gasteiger partial charge on any atom is 0.258 e. The molecule has 8 nitrogen and oxygen atoms in total. The highest BCUT2D eigenvalue weighted by atomic mass is 32.2. The van der Waals surface area contributed by atoms with Gasteiger partial charge in [0.1, 0.15) is 6.54 Å². The standard InChI is InChI=1S/C25H24N4O4S/c1-26-22(30)16-29(34(2,32)33)19-12-8-11-18(15-19)27-24(17-9-4-3-5-10-17)23-20-13-6-7-14-21(20)28-25(23)31/h3-15,27H,16H2,1-2H3,(H,26,30)(H,28,31). The van der Waals surface area contributed by atoms with Gasteiger partial charge in [0.2, 0.25) is 15.9 Å². The van der Waals surface area contributed by atoms with Crippen molar-refractivity contribution in [2.45, 2.75) is 0 Å². The van der Waals surface area contributed by atoms with Crippen LogP contribution in [0, 0.1) is 0 Å². The van der Waals surface area contributed by atoms with Crippen molar-refractivity contribution in [3.8, 4) is 0 Å². The summed E-state index contributed by atoms with van der Waals surface area (Å²) in [5.74, 6) is -0.670. The molecule has 1 heterocycles. The lowest BCUT2D eigenvalue weighted by atomic mass is 10.00. The molecular weight excluding hydrogens is 452 g/mol. The zero-order valence-electron chi connectivity index (χ0n) is 18.7. The van der Waals surface area contributed by atoms with E-state index < -0.39 is 15.9 Å². The number of hydrogen-bond donors (Lipinski definition) is 3. The second-order valence-corrected chi connectivity index (χ2v) is 9.64. The van der Waals surface area contributed by atoms with Crippen LogP contribution in [0.2, 0.25) is 0 Å². The predicted octanol–water partition coefficient (Wildman–Crippen LogP) is 3.13. The molecule has 1 aliphatic heterocycles. The Kier molecular flexibility index (Phi) is 6.38. The minimum Gasteiger partial charge on any atom is -0.358 e. The summed E-state index contributed by atoms with van der Waals surface area (Å²) in [5, 5.41) is 8.66. The lowest BCUT2D eigenvalue weighted by Crippen LogP contribution is -2.39. The molecule has 0 bridgehead atoms. The van der Waals surface area contributed by atoms with Crippen molar-refractivity contribution in [2.24, 2.45) is 0 Å². The molecule has 0 saturated carbocycles. The molecule has 4 rings (SSSR count). The number of fused-ring (bicyclic) bond motifs is 1. The maximum absolute atomic E-state index is 13.0. The Labute approximate surface area is 198 Å². The third kappa shape index (κ3) is 4.79. The average molecular weight is 477 g/mol. The zero-order valence-corrected chi connectivity index (χ0v) is 19.5. The summed E-state index contributed by atoms with van der Waals surface area (Å²) in [6, 6.07) is 23.6. The van der Waals surface area contributed by atoms with Gasteiger partial charge in [-0.2, -0.15) is 0 Å². The van der Waals surface area contributed by atoms with E-state index in [9.17, 15) is 18.0 Å². The van der Waals surface area contributed by atoms with E-state index in [1.807, 2.05) is 54.6 Å². The summed E-state index contributed by atoms with van der Waals surface area (Å²) in [6.45, 7) is -0.346. The van der Waals surface area contributed by atoms with Crippen LogP contribution in [0.3, 0.4) is 0 Å². The second-order valence-electron chi connectivity index (χ2n) is 7.73. The van der Waals surface area contributed by atoms with Crippen LogP contribution >= 0.6 is 0 Å². The number of amides is 2. The van der Waals surface area contributed by atoms with E-state index in [1.54, 1.807) is 24.3 Å². The normalized spacial score (nSPS) is 14.1. The topological polar surface area (TPSA) is 108 Å². The van der Waals surface area contributed by atoms with Gasteiger partial charge < -0.3 is 16.0 Å². The smallest absolute Gasteiger partial charge is 0.258 e. The molecule has 0 aromatic heterocycles. The van der Waals surface area contributed by atoms with Crippen LogP contribution in [0.1, 0.15) is 11.1 Å². The molecule has 3 aromatic rings. The molecule has 0 atom stereocenters. The lowest BCUT2D eigenvalue weighted by molar-refractivity contribution is -0.119. The fourth-order valence-electron chi connectivity index (χ4n) is 3.74. The Morgan fingerprint density at radius 3 is 2.38 bits per heavy atom. The number of benzene rings is 3. The number of sulfonamides is 1. The molecule has 3 N–H and O–H groups in total. The SMILES string of the molecule is CNC(=O)CN(c1cccc(NC(=C2C(=O)Nc3ccccc32)c2ccccc2)c1)S(C)(=O)=O. The summed E-state index contributed by atoms with van der Waals surface area (Å²) in [7, 11) is -2.27. The molecule has 0 aliphatic carbocycles. The van der Waals surface area contributed by atoms with Gasteiger partial charge in [0.25, 0.3) is 5.91 Å². The first-order valence-electron chi connectivity index (χ1n) is 10.5. The average Bonchev–Trinajstić information content (AvgIpc) is 3.16. The van der Waals surface area contributed by atoms with Crippen LogP contribution in [0.15, 0.2) is 78.9 Å². The van der Waals surface area contributed by atoms with Gasteiger partial charge in [-0.15, -0.1) is 0 Å². The highest BCUT2D eigenvalue weighted by Gasteiger charge is 2.28. The predicted molar refractivity (Wildman–Crippen MR) is 135 cm³/mol. The summed E-state index contributed by atoms with van der Waals surface area (Å²) >= 11 is 0. The van der Waals surface area contributed by atoms with E-state index in [0.717, 1.165) is 27.4 Å². The fraction of sp³-hybridized carbons (Fsp3) is 0.120. The first-order chi connectivity index (χ1) is 16.3. The molecule has 174 valence electrons. The number of para-hydroxylation sites is 1. The first kappa shape index (κ1) is 23.1. The van der Waals surface area contributed by atoms with E-state index in [1.165, 1.54) is 7.05 Å². The number of nitrogens with one attached hydrogen (secondary N) is 3. The van der Waals surface area contributed by atoms with Crippen LogP contribution in [-0.2, 0) is 19.6 Å². The lowest BCUT2D eigenvalue weighted by Gasteiger charge is -2.22. The first-order valence-corrected chi connectivity index (χ1v) is 12.4. The van der Waals surface area contributed by atoms with E-state index in [0.29, 0.717) is 22.6 Å². The van der Waals surface area contributed by atoms with Crippen molar-refractivity contribution in [1.29, 1.82) is 0 Å².